The summed E-state index contributed by atoms with van der Waals surface area (Å²) in [5.74, 6) is 0.353. The van der Waals surface area contributed by atoms with E-state index in [0.29, 0.717) is 28.8 Å². The van der Waals surface area contributed by atoms with Gasteiger partial charge in [0.05, 0.1) is 5.69 Å². The van der Waals surface area contributed by atoms with E-state index in [1.54, 1.807) is 13.0 Å². The Kier molecular flexibility index (Phi) is 4.16. The molecule has 0 bridgehead atoms. The fraction of sp³-hybridized carbons (Fsp3) is 0.467. The number of anilines is 2. The van der Waals surface area contributed by atoms with Crippen LogP contribution in [0.1, 0.15) is 24.1 Å². The van der Waals surface area contributed by atoms with E-state index in [1.165, 1.54) is 0 Å². The lowest BCUT2D eigenvalue weighted by atomic mass is 10.1. The van der Waals surface area contributed by atoms with Crippen LogP contribution in [0.4, 0.5) is 20.3 Å². The number of pyridine rings is 1. The highest BCUT2D eigenvalue weighted by Crippen LogP contribution is 2.31. The van der Waals surface area contributed by atoms with Crippen molar-refractivity contribution in [1.82, 2.24) is 20.5 Å². The Balaban J connectivity index is 1.95. The molecule has 23 heavy (non-hydrogen) atoms. The van der Waals surface area contributed by atoms with Gasteiger partial charge in [-0.25, -0.2) is 13.8 Å². The number of hydrogen-bond acceptors (Lipinski definition) is 5. The fourth-order valence-electron chi connectivity index (χ4n) is 2.94. The maximum atomic E-state index is 12.9. The molecule has 8 heteroatoms. The Morgan fingerprint density at radius 3 is 2.83 bits per heavy atom. The van der Waals surface area contributed by atoms with E-state index in [0.717, 1.165) is 25.2 Å². The summed E-state index contributed by atoms with van der Waals surface area (Å²) in [5.41, 5.74) is 7.99. The molecule has 0 aromatic carbocycles. The van der Waals surface area contributed by atoms with Crippen molar-refractivity contribution in [3.63, 3.8) is 0 Å². The van der Waals surface area contributed by atoms with E-state index in [9.17, 15) is 8.78 Å². The molecule has 0 amide bonds. The zero-order chi connectivity index (χ0) is 16.6. The van der Waals surface area contributed by atoms with E-state index in [4.69, 9.17) is 5.73 Å². The van der Waals surface area contributed by atoms with Crippen LogP contribution in [-0.2, 0) is 0 Å². The molecule has 4 N–H and O–H groups in total. The SMILES string of the molecule is CN[C@@H]1CCN(c2cc(N)nc(-c3n[nH]c(C(F)F)c3C)c2)C1. The van der Waals surface area contributed by atoms with Crippen LogP contribution < -0.4 is 16.0 Å². The van der Waals surface area contributed by atoms with Crippen molar-refractivity contribution in [2.24, 2.45) is 0 Å². The largest absolute Gasteiger partial charge is 0.384 e. The standard InChI is InChI=1S/C15H20F2N6/c1-8-13(21-22-14(8)15(16)17)11-5-10(6-12(18)20-11)23-4-3-9(7-23)19-2/h5-6,9,15,19H,3-4,7H2,1-2H3,(H2,18,20)(H,21,22)/t9-/m1/s1. The van der Waals surface area contributed by atoms with E-state index < -0.39 is 6.43 Å². The number of rotatable bonds is 4. The van der Waals surface area contributed by atoms with Gasteiger partial charge in [0, 0.05) is 36.4 Å². The number of nitrogens with two attached hydrogens (primary N) is 1. The fourth-order valence-corrected chi connectivity index (χ4v) is 2.94. The summed E-state index contributed by atoms with van der Waals surface area (Å²) in [5, 5.41) is 9.65. The summed E-state index contributed by atoms with van der Waals surface area (Å²) in [7, 11) is 1.94. The highest BCUT2D eigenvalue weighted by Gasteiger charge is 2.23. The second-order valence-electron chi connectivity index (χ2n) is 5.77. The molecule has 0 saturated carbocycles. The van der Waals surface area contributed by atoms with E-state index in [1.807, 2.05) is 13.1 Å². The lowest BCUT2D eigenvalue weighted by Crippen LogP contribution is -2.29. The number of aromatic amines is 1. The van der Waals surface area contributed by atoms with Gasteiger partial charge in [-0.2, -0.15) is 5.10 Å². The summed E-state index contributed by atoms with van der Waals surface area (Å²) in [6.45, 7) is 3.40. The third-order valence-electron chi connectivity index (χ3n) is 4.30. The second kappa shape index (κ2) is 6.11. The molecule has 1 aliphatic rings. The summed E-state index contributed by atoms with van der Waals surface area (Å²) in [4.78, 5) is 6.46. The molecular weight excluding hydrogens is 302 g/mol. The van der Waals surface area contributed by atoms with Crippen LogP contribution >= 0.6 is 0 Å². The van der Waals surface area contributed by atoms with Crippen molar-refractivity contribution in [2.45, 2.75) is 25.8 Å². The third kappa shape index (κ3) is 2.98. The van der Waals surface area contributed by atoms with Gasteiger partial charge >= 0.3 is 0 Å². The van der Waals surface area contributed by atoms with Crippen LogP contribution in [0.25, 0.3) is 11.4 Å². The average molecular weight is 322 g/mol. The van der Waals surface area contributed by atoms with Crippen molar-refractivity contribution in [1.29, 1.82) is 0 Å². The van der Waals surface area contributed by atoms with E-state index >= 15 is 0 Å². The summed E-state index contributed by atoms with van der Waals surface area (Å²) in [6, 6.07) is 4.09. The first-order valence-electron chi connectivity index (χ1n) is 7.52. The smallest absolute Gasteiger partial charge is 0.280 e. The number of aromatic nitrogens is 3. The molecular formula is C15H20F2N6. The van der Waals surface area contributed by atoms with Crippen LogP contribution in [0.5, 0.6) is 0 Å². The first kappa shape index (κ1) is 15.7. The van der Waals surface area contributed by atoms with Crippen LogP contribution in [0, 0.1) is 6.92 Å². The maximum absolute atomic E-state index is 12.9. The molecule has 1 saturated heterocycles. The molecule has 124 valence electrons. The summed E-state index contributed by atoms with van der Waals surface area (Å²) < 4.78 is 25.8. The lowest BCUT2D eigenvalue weighted by molar-refractivity contribution is 0.145. The molecule has 0 aliphatic carbocycles. The van der Waals surface area contributed by atoms with E-state index in [-0.39, 0.29) is 5.69 Å². The van der Waals surface area contributed by atoms with Crippen LogP contribution in [0.2, 0.25) is 0 Å². The monoisotopic (exact) mass is 322 g/mol. The first-order valence-corrected chi connectivity index (χ1v) is 7.52. The molecule has 2 aromatic heterocycles. The van der Waals surface area contributed by atoms with Crippen molar-refractivity contribution in [3.8, 4) is 11.4 Å². The molecule has 3 rings (SSSR count). The third-order valence-corrected chi connectivity index (χ3v) is 4.30. The molecule has 0 unspecified atom stereocenters. The van der Waals surface area contributed by atoms with Gasteiger partial charge in [0.2, 0.25) is 0 Å². The summed E-state index contributed by atoms with van der Waals surface area (Å²) >= 11 is 0. The molecule has 1 aliphatic heterocycles. The van der Waals surface area contributed by atoms with Crippen molar-refractivity contribution >= 4 is 11.5 Å². The average Bonchev–Trinajstić information content (AvgIpc) is 3.12. The van der Waals surface area contributed by atoms with Crippen LogP contribution in [0.15, 0.2) is 12.1 Å². The molecule has 1 fully saturated rings. The number of hydrogen-bond donors (Lipinski definition) is 3. The van der Waals surface area contributed by atoms with Gasteiger partial charge in [0.1, 0.15) is 17.2 Å². The minimum absolute atomic E-state index is 0.179. The topological polar surface area (TPSA) is 82.9 Å². The molecule has 1 atom stereocenters. The number of nitrogen functional groups attached to an aromatic ring is 1. The Morgan fingerprint density at radius 2 is 2.22 bits per heavy atom. The Bertz CT molecular complexity index is 699. The van der Waals surface area contributed by atoms with Crippen molar-refractivity contribution in [3.05, 3.63) is 23.4 Å². The molecule has 2 aromatic rings. The number of nitrogens with zero attached hydrogens (tertiary/aromatic N) is 3. The number of halogens is 2. The van der Waals surface area contributed by atoms with Gasteiger partial charge in [-0.05, 0) is 26.5 Å². The zero-order valence-corrected chi connectivity index (χ0v) is 13.1. The van der Waals surface area contributed by atoms with Gasteiger partial charge in [0.15, 0.2) is 0 Å². The first-order chi connectivity index (χ1) is 11.0. The quantitative estimate of drug-likeness (QED) is 0.803. The Hall–Kier alpha value is -2.22. The molecule has 0 radical (unpaired) electrons. The minimum atomic E-state index is -2.59. The van der Waals surface area contributed by atoms with Crippen molar-refractivity contribution in [2.75, 3.05) is 30.8 Å². The zero-order valence-electron chi connectivity index (χ0n) is 13.1. The van der Waals surface area contributed by atoms with Gasteiger partial charge in [-0.15, -0.1) is 0 Å². The van der Waals surface area contributed by atoms with Gasteiger partial charge in [0.25, 0.3) is 6.43 Å². The van der Waals surface area contributed by atoms with Crippen LogP contribution in [0.3, 0.4) is 0 Å². The summed E-state index contributed by atoms with van der Waals surface area (Å²) in [6.07, 6.45) is -1.54. The predicted octanol–water partition coefficient (Wildman–Crippen LogP) is 2.10. The van der Waals surface area contributed by atoms with Gasteiger partial charge < -0.3 is 16.0 Å². The normalized spacial score (nSPS) is 18.1. The number of alkyl halides is 2. The molecule has 0 spiro atoms. The van der Waals surface area contributed by atoms with E-state index in [2.05, 4.69) is 25.4 Å². The van der Waals surface area contributed by atoms with Gasteiger partial charge in [-0.3, -0.25) is 5.10 Å². The van der Waals surface area contributed by atoms with Crippen LogP contribution in [-0.4, -0.2) is 41.4 Å². The highest BCUT2D eigenvalue weighted by molar-refractivity contribution is 5.68. The minimum Gasteiger partial charge on any atom is -0.384 e. The molecule has 6 nitrogen and oxygen atoms in total. The number of nitrogens with one attached hydrogen (secondary N) is 2. The van der Waals surface area contributed by atoms with Gasteiger partial charge in [-0.1, -0.05) is 0 Å². The Labute approximate surface area is 133 Å². The molecule has 3 heterocycles. The highest BCUT2D eigenvalue weighted by atomic mass is 19.3. The number of H-pyrrole nitrogens is 1. The Morgan fingerprint density at radius 1 is 1.43 bits per heavy atom. The lowest BCUT2D eigenvalue weighted by Gasteiger charge is -2.19. The second-order valence-corrected chi connectivity index (χ2v) is 5.77. The predicted molar refractivity (Wildman–Crippen MR) is 85.6 cm³/mol. The maximum Gasteiger partial charge on any atom is 0.280 e. The number of likely N-dealkylation sites (N-methyl/N-ethyl adjacent to an activating group) is 1. The van der Waals surface area contributed by atoms with Crippen molar-refractivity contribution < 1.29 is 8.78 Å².